The highest BCUT2D eigenvalue weighted by Crippen LogP contribution is 2.34. The van der Waals surface area contributed by atoms with Crippen molar-refractivity contribution in [2.24, 2.45) is 0 Å². The maximum atomic E-state index is 12.9. The molecule has 1 aliphatic rings. The minimum atomic E-state index is -4.61. The van der Waals surface area contributed by atoms with Crippen LogP contribution >= 0.6 is 11.6 Å². The van der Waals surface area contributed by atoms with Gasteiger partial charge in [-0.3, -0.25) is 0 Å². The SMILES string of the molecule is O=S(=O)(c1cccc(C(F)(F)F)c1)N1CCC(c2nc(-c3cccc(Cl)c3)no2)CC1. The fourth-order valence-corrected chi connectivity index (χ4v) is 5.18. The van der Waals surface area contributed by atoms with Crippen LogP contribution < -0.4 is 0 Å². The lowest BCUT2D eigenvalue weighted by Crippen LogP contribution is -2.38. The molecule has 4 rings (SSSR count). The lowest BCUT2D eigenvalue weighted by Gasteiger charge is -2.29. The van der Waals surface area contributed by atoms with E-state index in [1.807, 2.05) is 0 Å². The van der Waals surface area contributed by atoms with E-state index in [1.54, 1.807) is 24.3 Å². The number of sulfonamides is 1. The summed E-state index contributed by atoms with van der Waals surface area (Å²) in [5, 5.41) is 4.51. The molecule has 0 atom stereocenters. The predicted octanol–water partition coefficient (Wildman–Crippen LogP) is 4.98. The molecule has 0 aliphatic carbocycles. The smallest absolute Gasteiger partial charge is 0.339 e. The van der Waals surface area contributed by atoms with Crippen LogP contribution in [0.1, 0.15) is 30.2 Å². The highest BCUT2D eigenvalue weighted by molar-refractivity contribution is 7.89. The molecule has 0 unspecified atom stereocenters. The topological polar surface area (TPSA) is 76.3 Å². The Labute approximate surface area is 181 Å². The summed E-state index contributed by atoms with van der Waals surface area (Å²) in [6.07, 6.45) is -3.79. The summed E-state index contributed by atoms with van der Waals surface area (Å²) in [5.41, 5.74) is -0.296. The minimum Gasteiger partial charge on any atom is -0.339 e. The number of aromatic nitrogens is 2. The first-order chi connectivity index (χ1) is 14.6. The highest BCUT2D eigenvalue weighted by atomic mass is 35.5. The van der Waals surface area contributed by atoms with E-state index < -0.39 is 21.8 Å². The van der Waals surface area contributed by atoms with Crippen LogP contribution in [0.5, 0.6) is 0 Å². The Morgan fingerprint density at radius 3 is 2.45 bits per heavy atom. The molecular formula is C20H17ClF3N3O3S. The molecule has 2 heterocycles. The molecule has 0 radical (unpaired) electrons. The van der Waals surface area contributed by atoms with E-state index in [9.17, 15) is 21.6 Å². The molecule has 11 heteroatoms. The molecule has 1 aromatic heterocycles. The number of nitrogens with zero attached hydrogens (tertiary/aromatic N) is 3. The molecule has 1 saturated heterocycles. The van der Waals surface area contributed by atoms with Crippen molar-refractivity contribution in [1.29, 1.82) is 0 Å². The van der Waals surface area contributed by atoms with Gasteiger partial charge in [0.25, 0.3) is 0 Å². The summed E-state index contributed by atoms with van der Waals surface area (Å²) in [6.45, 7) is 0.274. The maximum Gasteiger partial charge on any atom is 0.416 e. The van der Waals surface area contributed by atoms with Gasteiger partial charge in [-0.2, -0.15) is 22.5 Å². The second kappa shape index (κ2) is 8.25. The number of hydrogen-bond donors (Lipinski definition) is 0. The normalized spacial score (nSPS) is 16.5. The monoisotopic (exact) mass is 471 g/mol. The van der Waals surface area contributed by atoms with Gasteiger partial charge in [-0.15, -0.1) is 0 Å². The van der Waals surface area contributed by atoms with Crippen LogP contribution in [-0.4, -0.2) is 36.0 Å². The summed E-state index contributed by atoms with van der Waals surface area (Å²) >= 11 is 5.98. The zero-order chi connectivity index (χ0) is 22.2. The molecule has 0 saturated carbocycles. The van der Waals surface area contributed by atoms with E-state index in [0.29, 0.717) is 41.2 Å². The Bertz CT molecular complexity index is 1190. The van der Waals surface area contributed by atoms with Gasteiger partial charge in [0.05, 0.1) is 10.5 Å². The van der Waals surface area contributed by atoms with E-state index in [0.717, 1.165) is 12.1 Å². The minimum absolute atomic E-state index is 0.137. The Morgan fingerprint density at radius 1 is 1.06 bits per heavy atom. The number of benzene rings is 2. The standard InChI is InChI=1S/C20H17ClF3N3O3S/c21-16-5-1-3-14(11-16)18-25-19(30-26-18)13-7-9-27(10-8-13)31(28,29)17-6-2-4-15(12-17)20(22,23)24/h1-6,11-13H,7-10H2. The van der Waals surface area contributed by atoms with Gasteiger partial charge in [-0.25, -0.2) is 8.42 Å². The molecule has 3 aromatic rings. The fourth-order valence-electron chi connectivity index (χ4n) is 3.47. The molecule has 0 N–H and O–H groups in total. The lowest BCUT2D eigenvalue weighted by atomic mass is 9.98. The van der Waals surface area contributed by atoms with Gasteiger partial charge < -0.3 is 4.52 Å². The number of piperidine rings is 1. The Balaban J connectivity index is 1.46. The van der Waals surface area contributed by atoms with Gasteiger partial charge in [-0.05, 0) is 43.2 Å². The second-order valence-corrected chi connectivity index (χ2v) is 9.54. The Morgan fingerprint density at radius 2 is 1.77 bits per heavy atom. The van der Waals surface area contributed by atoms with Gasteiger partial charge in [0.15, 0.2) is 0 Å². The van der Waals surface area contributed by atoms with E-state index in [2.05, 4.69) is 10.1 Å². The zero-order valence-electron chi connectivity index (χ0n) is 16.0. The van der Waals surface area contributed by atoms with Crippen molar-refractivity contribution in [2.75, 3.05) is 13.1 Å². The lowest BCUT2D eigenvalue weighted by molar-refractivity contribution is -0.137. The average molecular weight is 472 g/mol. The van der Waals surface area contributed by atoms with Crippen molar-refractivity contribution in [3.63, 3.8) is 0 Å². The van der Waals surface area contributed by atoms with Crippen molar-refractivity contribution < 1.29 is 26.1 Å². The Kier molecular flexibility index (Phi) is 5.80. The van der Waals surface area contributed by atoms with Gasteiger partial charge in [0.1, 0.15) is 0 Å². The predicted molar refractivity (Wildman–Crippen MR) is 107 cm³/mol. The van der Waals surface area contributed by atoms with Crippen molar-refractivity contribution >= 4 is 21.6 Å². The van der Waals surface area contributed by atoms with Gasteiger partial charge >= 0.3 is 6.18 Å². The molecule has 0 spiro atoms. The van der Waals surface area contributed by atoms with Crippen LogP contribution in [0, 0.1) is 0 Å². The third kappa shape index (κ3) is 4.60. The number of rotatable bonds is 4. The van der Waals surface area contributed by atoms with Crippen molar-refractivity contribution in [1.82, 2.24) is 14.4 Å². The van der Waals surface area contributed by atoms with Crippen molar-refractivity contribution in [3.8, 4) is 11.4 Å². The van der Waals surface area contributed by atoms with E-state index in [1.165, 1.54) is 10.4 Å². The quantitative estimate of drug-likeness (QED) is 0.536. The number of alkyl halides is 3. The maximum absolute atomic E-state index is 12.9. The summed E-state index contributed by atoms with van der Waals surface area (Å²) in [5.74, 6) is 0.635. The largest absolute Gasteiger partial charge is 0.416 e. The van der Waals surface area contributed by atoms with Gasteiger partial charge in [0, 0.05) is 29.6 Å². The molecule has 1 fully saturated rings. The first kappa shape index (κ1) is 21.8. The third-order valence-electron chi connectivity index (χ3n) is 5.13. The molecule has 0 amide bonds. The third-order valence-corrected chi connectivity index (χ3v) is 7.26. The van der Waals surface area contributed by atoms with Crippen molar-refractivity contribution in [3.05, 3.63) is 65.0 Å². The number of hydrogen-bond acceptors (Lipinski definition) is 5. The summed E-state index contributed by atoms with van der Waals surface area (Å²) in [6, 6.07) is 10.8. The Hall–Kier alpha value is -2.43. The van der Waals surface area contributed by atoms with Crippen LogP contribution in [0.15, 0.2) is 57.9 Å². The first-order valence-electron chi connectivity index (χ1n) is 9.41. The van der Waals surface area contributed by atoms with Gasteiger partial charge in [0.2, 0.25) is 21.7 Å². The summed E-state index contributed by atoms with van der Waals surface area (Å²) < 4.78 is 71.0. The van der Waals surface area contributed by atoms with Crippen molar-refractivity contribution in [2.45, 2.75) is 29.8 Å². The fraction of sp³-hybridized carbons (Fsp3) is 0.300. The van der Waals surface area contributed by atoms with Crippen LogP contribution in [-0.2, 0) is 16.2 Å². The molecular weight excluding hydrogens is 455 g/mol. The van der Waals surface area contributed by atoms with E-state index in [-0.39, 0.29) is 23.9 Å². The summed E-state index contributed by atoms with van der Waals surface area (Å²) in [7, 11) is -4.04. The zero-order valence-corrected chi connectivity index (χ0v) is 17.6. The first-order valence-corrected chi connectivity index (χ1v) is 11.2. The molecule has 6 nitrogen and oxygen atoms in total. The highest BCUT2D eigenvalue weighted by Gasteiger charge is 2.35. The summed E-state index contributed by atoms with van der Waals surface area (Å²) in [4.78, 5) is 4.03. The molecule has 1 aliphatic heterocycles. The number of halogens is 4. The van der Waals surface area contributed by atoms with E-state index in [4.69, 9.17) is 16.1 Å². The van der Waals surface area contributed by atoms with E-state index >= 15 is 0 Å². The van der Waals surface area contributed by atoms with Crippen LogP contribution in [0.3, 0.4) is 0 Å². The average Bonchev–Trinajstić information content (AvgIpc) is 3.24. The molecule has 0 bridgehead atoms. The van der Waals surface area contributed by atoms with Crippen LogP contribution in [0.2, 0.25) is 5.02 Å². The molecule has 2 aromatic carbocycles. The molecule has 164 valence electrons. The van der Waals surface area contributed by atoms with Crippen LogP contribution in [0.4, 0.5) is 13.2 Å². The second-order valence-electron chi connectivity index (χ2n) is 7.17. The van der Waals surface area contributed by atoms with Gasteiger partial charge in [-0.1, -0.05) is 35.0 Å². The van der Waals surface area contributed by atoms with Crippen LogP contribution in [0.25, 0.3) is 11.4 Å². The molecule has 31 heavy (non-hydrogen) atoms.